The first-order valence-electron chi connectivity index (χ1n) is 9.41. The molecule has 0 radical (unpaired) electrons. The van der Waals surface area contributed by atoms with Crippen molar-refractivity contribution >= 4 is 39.2 Å². The molecule has 0 spiro atoms. The molecule has 0 unspecified atom stereocenters. The van der Waals surface area contributed by atoms with Crippen LogP contribution in [-0.4, -0.2) is 27.3 Å². The molecule has 1 aliphatic carbocycles. The largest absolute Gasteiger partial charge is 0.355 e. The minimum Gasteiger partial charge on any atom is -0.355 e. The molecule has 0 bridgehead atoms. The maximum atomic E-state index is 13.1. The number of carbonyl (C=O) groups is 1. The quantitative estimate of drug-likeness (QED) is 0.601. The lowest BCUT2D eigenvalue weighted by atomic mass is 9.97. The second-order valence-corrected chi connectivity index (χ2v) is 9.63. The summed E-state index contributed by atoms with van der Waals surface area (Å²) in [5.74, 6) is 0.406. The molecule has 2 aromatic heterocycles. The molecule has 142 valence electrons. The van der Waals surface area contributed by atoms with Crippen LogP contribution in [0.25, 0.3) is 10.2 Å². The highest BCUT2D eigenvalue weighted by molar-refractivity contribution is 8.00. The predicted octanol–water partition coefficient (Wildman–Crippen LogP) is 3.61. The van der Waals surface area contributed by atoms with Crippen molar-refractivity contribution in [3.05, 3.63) is 20.8 Å². The first kappa shape index (κ1) is 19.4. The number of carbonyl (C=O) groups excluding carboxylic acids is 1. The Morgan fingerprint density at radius 2 is 2.04 bits per heavy atom. The topological polar surface area (TPSA) is 64.0 Å². The number of hydrogen-bond donors (Lipinski definition) is 1. The van der Waals surface area contributed by atoms with Gasteiger partial charge in [0.2, 0.25) is 5.91 Å². The zero-order valence-corrected chi connectivity index (χ0v) is 17.6. The van der Waals surface area contributed by atoms with Crippen molar-refractivity contribution in [1.82, 2.24) is 14.9 Å². The molecule has 1 aliphatic rings. The Bertz CT molecular complexity index is 870. The molecule has 1 amide bonds. The van der Waals surface area contributed by atoms with E-state index in [2.05, 4.69) is 19.2 Å². The maximum Gasteiger partial charge on any atom is 0.263 e. The number of nitrogens with zero attached hydrogens (tertiary/aromatic N) is 2. The van der Waals surface area contributed by atoms with E-state index in [0.29, 0.717) is 24.2 Å². The van der Waals surface area contributed by atoms with Gasteiger partial charge in [-0.25, -0.2) is 4.98 Å². The average molecular weight is 394 g/mol. The molecule has 1 N–H and O–H groups in total. The molecule has 0 saturated heterocycles. The Kier molecular flexibility index (Phi) is 6.07. The van der Waals surface area contributed by atoms with Crippen LogP contribution < -0.4 is 10.9 Å². The fourth-order valence-corrected chi connectivity index (χ4v) is 5.55. The number of hydrogen-bond acceptors (Lipinski definition) is 5. The summed E-state index contributed by atoms with van der Waals surface area (Å²) in [6, 6.07) is 0. The zero-order valence-electron chi connectivity index (χ0n) is 15.9. The van der Waals surface area contributed by atoms with Crippen molar-refractivity contribution in [2.24, 2.45) is 5.92 Å². The van der Waals surface area contributed by atoms with E-state index in [4.69, 9.17) is 4.98 Å². The molecule has 5 nitrogen and oxygen atoms in total. The van der Waals surface area contributed by atoms with Gasteiger partial charge in [0, 0.05) is 18.0 Å². The van der Waals surface area contributed by atoms with Crippen molar-refractivity contribution in [3.63, 3.8) is 0 Å². The third kappa shape index (κ3) is 3.83. The number of rotatable bonds is 6. The van der Waals surface area contributed by atoms with E-state index in [-0.39, 0.29) is 16.7 Å². The van der Waals surface area contributed by atoms with Crippen LogP contribution in [0.15, 0.2) is 9.95 Å². The van der Waals surface area contributed by atoms with Crippen LogP contribution in [0.1, 0.15) is 51.0 Å². The SMILES string of the molecule is CCn1c(S[C@H](C)C(=O)NCC(C)C)nc2sc3c(c2c1=O)CCCC3. The van der Waals surface area contributed by atoms with Crippen molar-refractivity contribution in [2.45, 2.75) is 70.3 Å². The molecule has 26 heavy (non-hydrogen) atoms. The molecular weight excluding hydrogens is 366 g/mol. The molecule has 7 heteroatoms. The lowest BCUT2D eigenvalue weighted by Gasteiger charge is -2.16. The molecular formula is C19H27N3O2S2. The zero-order chi connectivity index (χ0) is 18.8. The van der Waals surface area contributed by atoms with E-state index in [1.165, 1.54) is 28.6 Å². The smallest absolute Gasteiger partial charge is 0.263 e. The molecule has 0 aliphatic heterocycles. The van der Waals surface area contributed by atoms with Gasteiger partial charge in [-0.05, 0) is 51.0 Å². The van der Waals surface area contributed by atoms with Crippen LogP contribution in [-0.2, 0) is 24.2 Å². The summed E-state index contributed by atoms with van der Waals surface area (Å²) in [6.07, 6.45) is 4.37. The number of aromatic nitrogens is 2. The monoisotopic (exact) mass is 393 g/mol. The van der Waals surface area contributed by atoms with E-state index >= 15 is 0 Å². The number of fused-ring (bicyclic) bond motifs is 3. The van der Waals surface area contributed by atoms with E-state index < -0.39 is 0 Å². The maximum absolute atomic E-state index is 13.1. The molecule has 2 aromatic rings. The lowest BCUT2D eigenvalue weighted by molar-refractivity contribution is -0.120. The van der Waals surface area contributed by atoms with E-state index in [1.54, 1.807) is 15.9 Å². The number of amides is 1. The molecule has 0 fully saturated rings. The summed E-state index contributed by atoms with van der Waals surface area (Å²) in [6.45, 7) is 9.20. The number of thioether (sulfide) groups is 1. The van der Waals surface area contributed by atoms with Gasteiger partial charge in [0.05, 0.1) is 10.6 Å². The van der Waals surface area contributed by atoms with Gasteiger partial charge in [-0.2, -0.15) is 0 Å². The standard InChI is InChI=1S/C19H27N3O2S2/c1-5-22-18(24)15-13-8-6-7-9-14(13)26-17(15)21-19(22)25-12(4)16(23)20-10-11(2)3/h11-12H,5-10H2,1-4H3,(H,20,23)/t12-/m1/s1. The second kappa shape index (κ2) is 8.13. The van der Waals surface area contributed by atoms with Gasteiger partial charge in [-0.3, -0.25) is 14.2 Å². The minimum absolute atomic E-state index is 0.00817. The van der Waals surface area contributed by atoms with Crippen LogP contribution in [0.3, 0.4) is 0 Å². The Labute approximate surface area is 162 Å². The fourth-order valence-electron chi connectivity index (χ4n) is 3.25. The second-order valence-electron chi connectivity index (χ2n) is 7.23. The summed E-state index contributed by atoms with van der Waals surface area (Å²) in [5.41, 5.74) is 1.27. The van der Waals surface area contributed by atoms with Gasteiger partial charge >= 0.3 is 0 Å². The molecule has 0 aromatic carbocycles. The third-order valence-electron chi connectivity index (χ3n) is 4.69. The number of thiophene rings is 1. The average Bonchev–Trinajstić information content (AvgIpc) is 2.98. The van der Waals surface area contributed by atoms with Gasteiger partial charge in [-0.15, -0.1) is 11.3 Å². The Balaban J connectivity index is 1.93. The van der Waals surface area contributed by atoms with Crippen molar-refractivity contribution in [3.8, 4) is 0 Å². The summed E-state index contributed by atoms with van der Waals surface area (Å²) >= 11 is 3.03. The van der Waals surface area contributed by atoms with Crippen molar-refractivity contribution in [2.75, 3.05) is 6.54 Å². The molecule has 0 saturated carbocycles. The fraction of sp³-hybridized carbons (Fsp3) is 0.632. The summed E-state index contributed by atoms with van der Waals surface area (Å²) in [7, 11) is 0. The minimum atomic E-state index is -0.287. The van der Waals surface area contributed by atoms with Crippen LogP contribution >= 0.6 is 23.1 Å². The summed E-state index contributed by atoms with van der Waals surface area (Å²) < 4.78 is 1.72. The van der Waals surface area contributed by atoms with E-state index in [1.807, 2.05) is 13.8 Å². The Morgan fingerprint density at radius 3 is 2.73 bits per heavy atom. The highest BCUT2D eigenvalue weighted by Gasteiger charge is 2.24. The Morgan fingerprint density at radius 1 is 1.31 bits per heavy atom. The van der Waals surface area contributed by atoms with Crippen LogP contribution in [0.2, 0.25) is 0 Å². The molecule has 2 heterocycles. The summed E-state index contributed by atoms with van der Waals surface area (Å²) in [4.78, 5) is 32.4. The van der Waals surface area contributed by atoms with Gasteiger partial charge < -0.3 is 5.32 Å². The normalized spacial score (nSPS) is 15.3. The predicted molar refractivity (Wildman–Crippen MR) is 109 cm³/mol. The van der Waals surface area contributed by atoms with Crippen LogP contribution in [0, 0.1) is 5.92 Å². The molecule has 3 rings (SSSR count). The first-order chi connectivity index (χ1) is 12.4. The van der Waals surface area contributed by atoms with Crippen LogP contribution in [0.4, 0.5) is 0 Å². The first-order valence-corrected chi connectivity index (χ1v) is 11.1. The van der Waals surface area contributed by atoms with Gasteiger partial charge in [0.25, 0.3) is 5.56 Å². The Hall–Kier alpha value is -1.34. The number of nitrogens with one attached hydrogen (secondary N) is 1. The van der Waals surface area contributed by atoms with Crippen LogP contribution in [0.5, 0.6) is 0 Å². The third-order valence-corrected chi connectivity index (χ3v) is 6.97. The van der Waals surface area contributed by atoms with Gasteiger partial charge in [-0.1, -0.05) is 25.6 Å². The lowest BCUT2D eigenvalue weighted by Crippen LogP contribution is -2.34. The molecule has 1 atom stereocenters. The summed E-state index contributed by atoms with van der Waals surface area (Å²) in [5, 5.41) is 4.13. The van der Waals surface area contributed by atoms with Gasteiger partial charge in [0.1, 0.15) is 4.83 Å². The highest BCUT2D eigenvalue weighted by atomic mass is 32.2. The van der Waals surface area contributed by atoms with E-state index in [0.717, 1.165) is 29.5 Å². The van der Waals surface area contributed by atoms with Crippen molar-refractivity contribution in [1.29, 1.82) is 0 Å². The number of aryl methyl sites for hydroxylation is 2. The highest BCUT2D eigenvalue weighted by Crippen LogP contribution is 2.35. The van der Waals surface area contributed by atoms with Gasteiger partial charge in [0.15, 0.2) is 5.16 Å². The van der Waals surface area contributed by atoms with E-state index in [9.17, 15) is 9.59 Å². The van der Waals surface area contributed by atoms with Crippen molar-refractivity contribution < 1.29 is 4.79 Å².